The maximum Gasteiger partial charge on any atom is 0.276 e. The van der Waals surface area contributed by atoms with Gasteiger partial charge in [-0.15, -0.1) is 0 Å². The fraction of sp³-hybridized carbons (Fsp3) is 0.111. The second-order valence-corrected chi connectivity index (χ2v) is 5.17. The smallest absolute Gasteiger partial charge is 0.276 e. The average Bonchev–Trinajstić information content (AvgIpc) is 2.64. The number of nitrogens with one attached hydrogen (secondary N) is 2. The number of rotatable bonds is 9. The van der Waals surface area contributed by atoms with Crippen LogP contribution in [0.15, 0.2) is 55.1 Å². The van der Waals surface area contributed by atoms with Crippen molar-refractivity contribution in [3.63, 3.8) is 0 Å². The van der Waals surface area contributed by atoms with E-state index in [-0.39, 0.29) is 19.0 Å². The molecule has 0 radical (unpaired) electrons. The van der Waals surface area contributed by atoms with Crippen molar-refractivity contribution in [3.05, 3.63) is 66.5 Å². The van der Waals surface area contributed by atoms with Crippen LogP contribution in [0.4, 0.5) is 4.39 Å². The highest BCUT2D eigenvalue weighted by molar-refractivity contribution is 5.78. The molecule has 0 atom stereocenters. The van der Waals surface area contributed by atoms with Crippen molar-refractivity contribution in [2.24, 2.45) is 5.73 Å². The maximum atomic E-state index is 12.8. The van der Waals surface area contributed by atoms with Crippen molar-refractivity contribution in [3.8, 4) is 11.5 Å². The number of halogens is 1. The molecule has 0 unspecified atom stereocenters. The fourth-order valence-corrected chi connectivity index (χ4v) is 1.84. The van der Waals surface area contributed by atoms with Crippen molar-refractivity contribution in [1.82, 2.24) is 10.9 Å². The van der Waals surface area contributed by atoms with Gasteiger partial charge in [-0.1, -0.05) is 6.58 Å². The van der Waals surface area contributed by atoms with Gasteiger partial charge >= 0.3 is 0 Å². The summed E-state index contributed by atoms with van der Waals surface area (Å²) in [5.41, 5.74) is 11.3. The molecule has 2 aromatic carbocycles. The van der Waals surface area contributed by atoms with Gasteiger partial charge in [-0.25, -0.2) is 4.39 Å². The summed E-state index contributed by atoms with van der Waals surface area (Å²) < 4.78 is 23.1. The van der Waals surface area contributed by atoms with E-state index < -0.39 is 11.8 Å². The number of hydrogen-bond donors (Lipinski definition) is 3. The minimum Gasteiger partial charge on any atom is -0.484 e. The lowest BCUT2D eigenvalue weighted by atomic mass is 10.2. The standard InChI is InChI=1S/C18H18FN3O4/c1-12(13-2-6-15(7-3-13)25-10-17(20)23)21-22-18(24)11-26-16-8-4-14(19)5-9-16/h2-9,21H,1,10-11H2,(H2,20,23)(H,22,24). The van der Waals surface area contributed by atoms with Crippen molar-refractivity contribution in [1.29, 1.82) is 0 Å². The average molecular weight is 359 g/mol. The minimum atomic E-state index is -0.564. The van der Waals surface area contributed by atoms with Gasteiger partial charge in [0.2, 0.25) is 0 Å². The van der Waals surface area contributed by atoms with Crippen LogP contribution in [0.3, 0.4) is 0 Å². The molecule has 0 aromatic heterocycles. The summed E-state index contributed by atoms with van der Waals surface area (Å²) in [4.78, 5) is 22.4. The van der Waals surface area contributed by atoms with E-state index in [1.165, 1.54) is 24.3 Å². The van der Waals surface area contributed by atoms with Crippen molar-refractivity contribution in [2.75, 3.05) is 13.2 Å². The lowest BCUT2D eigenvalue weighted by Crippen LogP contribution is -2.38. The van der Waals surface area contributed by atoms with Gasteiger partial charge in [-0.3, -0.25) is 20.4 Å². The first kappa shape index (κ1) is 18.8. The lowest BCUT2D eigenvalue weighted by molar-refractivity contribution is -0.123. The van der Waals surface area contributed by atoms with Crippen LogP contribution in [0.1, 0.15) is 5.56 Å². The van der Waals surface area contributed by atoms with Crippen molar-refractivity contribution >= 4 is 17.5 Å². The van der Waals surface area contributed by atoms with E-state index in [2.05, 4.69) is 17.4 Å². The SMILES string of the molecule is C=C(NNC(=O)COc1ccc(F)cc1)c1ccc(OCC(N)=O)cc1. The predicted molar refractivity (Wildman–Crippen MR) is 93.3 cm³/mol. The van der Waals surface area contributed by atoms with Gasteiger partial charge in [0.25, 0.3) is 11.8 Å². The number of primary amides is 1. The van der Waals surface area contributed by atoms with Gasteiger partial charge < -0.3 is 15.2 Å². The van der Waals surface area contributed by atoms with Crippen molar-refractivity contribution < 1.29 is 23.5 Å². The van der Waals surface area contributed by atoms with Crippen LogP contribution >= 0.6 is 0 Å². The van der Waals surface area contributed by atoms with Gasteiger partial charge in [0.1, 0.15) is 17.3 Å². The summed E-state index contributed by atoms with van der Waals surface area (Å²) in [6.45, 7) is 3.36. The summed E-state index contributed by atoms with van der Waals surface area (Å²) in [6.07, 6.45) is 0. The third-order valence-electron chi connectivity index (χ3n) is 3.12. The Morgan fingerprint density at radius 3 is 2.04 bits per heavy atom. The van der Waals surface area contributed by atoms with E-state index in [1.807, 2.05) is 0 Å². The number of nitrogens with two attached hydrogens (primary N) is 1. The van der Waals surface area contributed by atoms with Crippen LogP contribution in [-0.4, -0.2) is 25.0 Å². The van der Waals surface area contributed by atoms with E-state index in [1.54, 1.807) is 24.3 Å². The third kappa shape index (κ3) is 6.16. The molecule has 0 aliphatic carbocycles. The summed E-state index contributed by atoms with van der Waals surface area (Å²) in [5.74, 6) is -0.516. The van der Waals surface area contributed by atoms with Crippen LogP contribution in [-0.2, 0) is 9.59 Å². The van der Waals surface area contributed by atoms with Crippen LogP contribution in [0.25, 0.3) is 5.70 Å². The van der Waals surface area contributed by atoms with E-state index in [4.69, 9.17) is 15.2 Å². The summed E-state index contributed by atoms with van der Waals surface area (Å²) >= 11 is 0. The van der Waals surface area contributed by atoms with Gasteiger partial charge in [0, 0.05) is 0 Å². The molecule has 7 nitrogen and oxygen atoms in total. The van der Waals surface area contributed by atoms with E-state index in [0.717, 1.165) is 0 Å². The molecule has 0 saturated heterocycles. The summed E-state index contributed by atoms with van der Waals surface area (Å²) in [7, 11) is 0. The van der Waals surface area contributed by atoms with Gasteiger partial charge in [-0.05, 0) is 54.1 Å². The number of hydrogen-bond acceptors (Lipinski definition) is 5. The monoisotopic (exact) mass is 359 g/mol. The Bertz CT molecular complexity index is 776. The molecule has 8 heteroatoms. The molecular formula is C18H18FN3O4. The largest absolute Gasteiger partial charge is 0.484 e. The maximum absolute atomic E-state index is 12.8. The Balaban J connectivity index is 1.75. The molecule has 0 spiro atoms. The Morgan fingerprint density at radius 2 is 1.46 bits per heavy atom. The molecule has 26 heavy (non-hydrogen) atoms. The highest BCUT2D eigenvalue weighted by atomic mass is 19.1. The molecule has 0 fully saturated rings. The molecule has 2 rings (SSSR count). The topological polar surface area (TPSA) is 103 Å². The van der Waals surface area contributed by atoms with Crippen LogP contribution in [0.2, 0.25) is 0 Å². The first-order valence-electron chi connectivity index (χ1n) is 7.57. The number of hydrazine groups is 1. The van der Waals surface area contributed by atoms with Gasteiger partial charge in [0.05, 0.1) is 5.70 Å². The molecule has 136 valence electrons. The molecule has 0 bridgehead atoms. The van der Waals surface area contributed by atoms with E-state index >= 15 is 0 Å². The number of carbonyl (C=O) groups excluding carboxylic acids is 2. The Labute approximate surface area is 149 Å². The van der Waals surface area contributed by atoms with Gasteiger partial charge in [-0.2, -0.15) is 0 Å². The minimum absolute atomic E-state index is 0.206. The normalized spacial score (nSPS) is 9.88. The van der Waals surface area contributed by atoms with E-state index in [9.17, 15) is 14.0 Å². The first-order valence-corrected chi connectivity index (χ1v) is 7.57. The van der Waals surface area contributed by atoms with Gasteiger partial charge in [0.15, 0.2) is 13.2 Å². The number of amides is 2. The Kier molecular flexibility index (Phi) is 6.55. The third-order valence-corrected chi connectivity index (χ3v) is 3.12. The van der Waals surface area contributed by atoms with Crippen LogP contribution in [0, 0.1) is 5.82 Å². The first-order chi connectivity index (χ1) is 12.4. The fourth-order valence-electron chi connectivity index (χ4n) is 1.84. The number of benzene rings is 2. The quantitative estimate of drug-likeness (QED) is 0.587. The molecular weight excluding hydrogens is 341 g/mol. The molecule has 2 amide bonds. The summed E-state index contributed by atoms with van der Waals surface area (Å²) in [5, 5.41) is 0. The summed E-state index contributed by atoms with van der Waals surface area (Å²) in [6, 6.07) is 12.0. The Morgan fingerprint density at radius 1 is 0.923 bits per heavy atom. The Hall–Kier alpha value is -3.55. The highest BCUT2D eigenvalue weighted by Crippen LogP contribution is 2.15. The number of carbonyl (C=O) groups is 2. The molecule has 2 aromatic rings. The zero-order chi connectivity index (χ0) is 18.9. The van der Waals surface area contributed by atoms with E-state index in [0.29, 0.717) is 22.8 Å². The highest BCUT2D eigenvalue weighted by Gasteiger charge is 2.05. The number of ether oxygens (including phenoxy) is 2. The van der Waals surface area contributed by atoms with Crippen molar-refractivity contribution in [2.45, 2.75) is 0 Å². The molecule has 0 aliphatic rings. The lowest BCUT2D eigenvalue weighted by Gasteiger charge is -2.12. The molecule has 0 saturated carbocycles. The zero-order valence-electron chi connectivity index (χ0n) is 13.8. The second-order valence-electron chi connectivity index (χ2n) is 5.17. The molecule has 0 heterocycles. The molecule has 0 aliphatic heterocycles. The zero-order valence-corrected chi connectivity index (χ0v) is 13.8. The second kappa shape index (κ2) is 9.07. The van der Waals surface area contributed by atoms with Crippen LogP contribution < -0.4 is 26.1 Å². The van der Waals surface area contributed by atoms with Crippen LogP contribution in [0.5, 0.6) is 11.5 Å². The predicted octanol–water partition coefficient (Wildman–Crippen LogP) is 1.36. The molecule has 4 N–H and O–H groups in total.